The fraction of sp³-hybridized carbons (Fsp3) is 0.467. The Balaban J connectivity index is 1.74. The maximum Gasteiger partial charge on any atom is 0.138 e. The molecule has 3 rings (SSSR count). The fourth-order valence-corrected chi connectivity index (χ4v) is 2.41. The van der Waals surface area contributed by atoms with E-state index in [0.29, 0.717) is 19.8 Å². The van der Waals surface area contributed by atoms with Crippen molar-refractivity contribution in [3.05, 3.63) is 35.6 Å². The summed E-state index contributed by atoms with van der Waals surface area (Å²) >= 11 is 0. The Hall–Kier alpha value is -1.36. The number of aryl methyl sites for hydroxylation is 1. The van der Waals surface area contributed by atoms with Gasteiger partial charge in [0.15, 0.2) is 0 Å². The monoisotopic (exact) mass is 261 g/mol. The van der Waals surface area contributed by atoms with Crippen molar-refractivity contribution < 1.29 is 14.3 Å². The SMILES string of the molecule is Cc1cc2cccc(CNC(C)C3(O)COC3)c2o1. The van der Waals surface area contributed by atoms with Gasteiger partial charge in [0.05, 0.1) is 13.2 Å². The number of para-hydroxylation sites is 1. The summed E-state index contributed by atoms with van der Waals surface area (Å²) in [4.78, 5) is 0. The first-order chi connectivity index (χ1) is 9.08. The first-order valence-electron chi connectivity index (χ1n) is 6.60. The third kappa shape index (κ3) is 2.27. The molecule has 1 aliphatic rings. The van der Waals surface area contributed by atoms with Crippen LogP contribution in [-0.4, -0.2) is 30.0 Å². The van der Waals surface area contributed by atoms with Crippen LogP contribution in [0.2, 0.25) is 0 Å². The second kappa shape index (κ2) is 4.63. The van der Waals surface area contributed by atoms with Crippen LogP contribution < -0.4 is 5.32 Å². The average Bonchev–Trinajstić information content (AvgIpc) is 2.73. The lowest BCUT2D eigenvalue weighted by molar-refractivity contribution is -0.191. The molecular formula is C15H19NO3. The largest absolute Gasteiger partial charge is 0.461 e. The van der Waals surface area contributed by atoms with Crippen LogP contribution in [0.4, 0.5) is 0 Å². The molecule has 0 bridgehead atoms. The molecule has 4 nitrogen and oxygen atoms in total. The molecule has 0 amide bonds. The van der Waals surface area contributed by atoms with E-state index in [1.807, 2.05) is 38.1 Å². The van der Waals surface area contributed by atoms with E-state index in [1.165, 1.54) is 0 Å². The van der Waals surface area contributed by atoms with Crippen LogP contribution in [0.25, 0.3) is 11.0 Å². The lowest BCUT2D eigenvalue weighted by Crippen LogP contribution is -2.61. The van der Waals surface area contributed by atoms with Gasteiger partial charge in [-0.3, -0.25) is 0 Å². The molecule has 2 heterocycles. The number of hydrogen-bond acceptors (Lipinski definition) is 4. The summed E-state index contributed by atoms with van der Waals surface area (Å²) in [5.74, 6) is 0.918. The molecule has 2 aromatic rings. The van der Waals surface area contributed by atoms with E-state index in [0.717, 1.165) is 22.3 Å². The Labute approximate surface area is 112 Å². The second-order valence-corrected chi connectivity index (χ2v) is 5.39. The lowest BCUT2D eigenvalue weighted by atomic mass is 9.93. The van der Waals surface area contributed by atoms with E-state index >= 15 is 0 Å². The predicted molar refractivity (Wildman–Crippen MR) is 73.0 cm³/mol. The Bertz CT molecular complexity index is 586. The van der Waals surface area contributed by atoms with Crippen LogP contribution in [0, 0.1) is 6.92 Å². The van der Waals surface area contributed by atoms with Gasteiger partial charge in [-0.15, -0.1) is 0 Å². The molecule has 0 aliphatic carbocycles. The molecule has 4 heteroatoms. The van der Waals surface area contributed by atoms with Crippen molar-refractivity contribution in [2.45, 2.75) is 32.0 Å². The molecule has 0 radical (unpaired) electrons. The summed E-state index contributed by atoms with van der Waals surface area (Å²) in [6, 6.07) is 8.15. The van der Waals surface area contributed by atoms with Gasteiger partial charge in [0.25, 0.3) is 0 Å². The molecule has 1 aromatic heterocycles. The summed E-state index contributed by atoms with van der Waals surface area (Å²) in [6.45, 7) is 5.43. The lowest BCUT2D eigenvalue weighted by Gasteiger charge is -2.41. The number of ether oxygens (including phenoxy) is 1. The van der Waals surface area contributed by atoms with Gasteiger partial charge in [-0.1, -0.05) is 18.2 Å². The van der Waals surface area contributed by atoms with Gasteiger partial charge in [0.1, 0.15) is 16.9 Å². The number of furan rings is 1. The Morgan fingerprint density at radius 2 is 2.21 bits per heavy atom. The number of fused-ring (bicyclic) bond motifs is 1. The molecule has 1 aliphatic heterocycles. The van der Waals surface area contributed by atoms with Gasteiger partial charge in [-0.05, 0) is 19.9 Å². The van der Waals surface area contributed by atoms with Gasteiger partial charge in [0.2, 0.25) is 0 Å². The highest BCUT2D eigenvalue weighted by atomic mass is 16.5. The van der Waals surface area contributed by atoms with Crippen molar-refractivity contribution >= 4 is 11.0 Å². The van der Waals surface area contributed by atoms with Gasteiger partial charge in [0, 0.05) is 23.5 Å². The molecule has 102 valence electrons. The van der Waals surface area contributed by atoms with E-state index in [9.17, 15) is 5.11 Å². The maximum atomic E-state index is 10.2. The van der Waals surface area contributed by atoms with Crippen LogP contribution in [0.3, 0.4) is 0 Å². The number of benzene rings is 1. The molecule has 1 fully saturated rings. The minimum atomic E-state index is -0.729. The van der Waals surface area contributed by atoms with Crippen LogP contribution in [0.15, 0.2) is 28.7 Å². The minimum absolute atomic E-state index is 0.00688. The summed E-state index contributed by atoms with van der Waals surface area (Å²) in [7, 11) is 0. The van der Waals surface area contributed by atoms with Crippen molar-refractivity contribution in [1.29, 1.82) is 0 Å². The number of nitrogens with one attached hydrogen (secondary N) is 1. The molecule has 19 heavy (non-hydrogen) atoms. The van der Waals surface area contributed by atoms with Crippen molar-refractivity contribution in [2.75, 3.05) is 13.2 Å². The van der Waals surface area contributed by atoms with Crippen LogP contribution in [0.1, 0.15) is 18.2 Å². The highest BCUT2D eigenvalue weighted by molar-refractivity contribution is 5.81. The highest BCUT2D eigenvalue weighted by Gasteiger charge is 2.41. The third-order valence-electron chi connectivity index (χ3n) is 3.86. The molecule has 1 atom stereocenters. The molecular weight excluding hydrogens is 242 g/mol. The van der Waals surface area contributed by atoms with E-state index in [2.05, 4.69) is 5.32 Å². The summed E-state index contributed by atoms with van der Waals surface area (Å²) in [5, 5.41) is 14.6. The molecule has 1 aromatic carbocycles. The molecule has 0 saturated carbocycles. The van der Waals surface area contributed by atoms with Crippen LogP contribution in [-0.2, 0) is 11.3 Å². The normalized spacial score (nSPS) is 19.3. The first kappa shape index (κ1) is 12.7. The Morgan fingerprint density at radius 3 is 2.89 bits per heavy atom. The van der Waals surface area contributed by atoms with Crippen molar-refractivity contribution in [3.63, 3.8) is 0 Å². The standard InChI is InChI=1S/C15H19NO3/c1-10-6-12-4-3-5-13(14(12)19-10)7-16-11(2)15(17)8-18-9-15/h3-6,11,16-17H,7-9H2,1-2H3. The van der Waals surface area contributed by atoms with Gasteiger partial charge < -0.3 is 19.6 Å². The zero-order chi connectivity index (χ0) is 13.5. The third-order valence-corrected chi connectivity index (χ3v) is 3.86. The first-order valence-corrected chi connectivity index (χ1v) is 6.60. The van der Waals surface area contributed by atoms with Crippen molar-refractivity contribution in [2.24, 2.45) is 0 Å². The highest BCUT2D eigenvalue weighted by Crippen LogP contribution is 2.24. The Morgan fingerprint density at radius 1 is 1.42 bits per heavy atom. The summed E-state index contributed by atoms with van der Waals surface area (Å²) < 4.78 is 10.8. The molecule has 1 saturated heterocycles. The zero-order valence-corrected chi connectivity index (χ0v) is 11.3. The minimum Gasteiger partial charge on any atom is -0.461 e. The van der Waals surface area contributed by atoms with Crippen LogP contribution in [0.5, 0.6) is 0 Å². The van der Waals surface area contributed by atoms with E-state index < -0.39 is 5.60 Å². The number of aliphatic hydroxyl groups is 1. The quantitative estimate of drug-likeness (QED) is 0.883. The predicted octanol–water partition coefficient (Wildman–Crippen LogP) is 1.98. The molecule has 0 spiro atoms. The van der Waals surface area contributed by atoms with Crippen molar-refractivity contribution in [1.82, 2.24) is 5.32 Å². The fourth-order valence-electron chi connectivity index (χ4n) is 2.41. The molecule has 2 N–H and O–H groups in total. The summed E-state index contributed by atoms with van der Waals surface area (Å²) in [5.41, 5.74) is 1.31. The number of hydrogen-bond donors (Lipinski definition) is 2. The van der Waals surface area contributed by atoms with Gasteiger partial charge >= 0.3 is 0 Å². The molecule has 1 unspecified atom stereocenters. The van der Waals surface area contributed by atoms with Crippen molar-refractivity contribution in [3.8, 4) is 0 Å². The maximum absolute atomic E-state index is 10.2. The number of rotatable bonds is 4. The van der Waals surface area contributed by atoms with Gasteiger partial charge in [-0.25, -0.2) is 0 Å². The van der Waals surface area contributed by atoms with E-state index in [-0.39, 0.29) is 6.04 Å². The smallest absolute Gasteiger partial charge is 0.138 e. The van der Waals surface area contributed by atoms with E-state index in [4.69, 9.17) is 9.15 Å². The zero-order valence-electron chi connectivity index (χ0n) is 11.3. The van der Waals surface area contributed by atoms with Crippen LogP contribution >= 0.6 is 0 Å². The summed E-state index contributed by atoms with van der Waals surface area (Å²) in [6.07, 6.45) is 0. The Kier molecular flexibility index (Phi) is 3.09. The average molecular weight is 261 g/mol. The van der Waals surface area contributed by atoms with E-state index in [1.54, 1.807) is 0 Å². The topological polar surface area (TPSA) is 54.6 Å². The van der Waals surface area contributed by atoms with Gasteiger partial charge in [-0.2, -0.15) is 0 Å². The second-order valence-electron chi connectivity index (χ2n) is 5.39.